The fraction of sp³-hybridized carbons (Fsp3) is 0. The monoisotopic (exact) mass is 641 g/mol. The van der Waals surface area contributed by atoms with E-state index in [9.17, 15) is 0 Å². The molecule has 0 saturated heterocycles. The third-order valence-electron chi connectivity index (χ3n) is 9.36. The summed E-state index contributed by atoms with van der Waals surface area (Å²) in [7, 11) is 0. The summed E-state index contributed by atoms with van der Waals surface area (Å²) >= 11 is 0. The SMILES string of the molecule is c1ccc(-c2cc(-c3ccccc3-c3cn[nH]c3)cc(-c3ccccc3-c3cn[nH]c3)c2)c(-c2ccc(-c3ccc4ccccc4n3)cc2)c1. The number of hydrogen-bond donors (Lipinski definition) is 2. The summed E-state index contributed by atoms with van der Waals surface area (Å²) in [5.74, 6) is 0. The van der Waals surface area contributed by atoms with Crippen molar-refractivity contribution in [1.82, 2.24) is 25.4 Å². The van der Waals surface area contributed by atoms with Crippen LogP contribution in [0, 0.1) is 0 Å². The molecule has 0 aliphatic carbocycles. The molecule has 3 heterocycles. The van der Waals surface area contributed by atoms with Gasteiger partial charge in [0.05, 0.1) is 23.6 Å². The summed E-state index contributed by atoms with van der Waals surface area (Å²) in [6, 6.07) is 53.9. The van der Waals surface area contributed by atoms with Crippen molar-refractivity contribution < 1.29 is 0 Å². The Morgan fingerprint density at radius 3 is 1.24 bits per heavy atom. The molecule has 3 aromatic heterocycles. The molecule has 50 heavy (non-hydrogen) atoms. The first-order valence-corrected chi connectivity index (χ1v) is 16.7. The third kappa shape index (κ3) is 5.47. The predicted octanol–water partition coefficient (Wildman–Crippen LogP) is 11.3. The molecule has 9 rings (SSSR count). The summed E-state index contributed by atoms with van der Waals surface area (Å²) < 4.78 is 0. The average molecular weight is 642 g/mol. The van der Waals surface area contributed by atoms with E-state index in [-0.39, 0.29) is 0 Å². The lowest BCUT2D eigenvalue weighted by atomic mass is 9.86. The molecular weight excluding hydrogens is 611 g/mol. The summed E-state index contributed by atoms with van der Waals surface area (Å²) in [6.07, 6.45) is 7.66. The Labute approximate surface area is 290 Å². The van der Waals surface area contributed by atoms with Crippen LogP contribution in [-0.2, 0) is 0 Å². The van der Waals surface area contributed by atoms with Crippen LogP contribution in [0.5, 0.6) is 0 Å². The quantitative estimate of drug-likeness (QED) is 0.182. The average Bonchev–Trinajstić information content (AvgIpc) is 3.94. The lowest BCUT2D eigenvalue weighted by Gasteiger charge is -2.17. The van der Waals surface area contributed by atoms with Gasteiger partial charge in [-0.1, -0.05) is 121 Å². The molecule has 236 valence electrons. The molecule has 0 saturated carbocycles. The maximum Gasteiger partial charge on any atom is 0.0709 e. The summed E-state index contributed by atoms with van der Waals surface area (Å²) in [6.45, 7) is 0. The zero-order chi connectivity index (χ0) is 33.3. The molecule has 5 nitrogen and oxygen atoms in total. The van der Waals surface area contributed by atoms with Gasteiger partial charge in [-0.3, -0.25) is 10.2 Å². The molecule has 0 bridgehead atoms. The second-order valence-corrected chi connectivity index (χ2v) is 12.4. The van der Waals surface area contributed by atoms with Gasteiger partial charge in [0.2, 0.25) is 0 Å². The van der Waals surface area contributed by atoms with Crippen molar-refractivity contribution >= 4 is 10.9 Å². The number of aromatic nitrogens is 5. The molecule has 0 fully saturated rings. The number of fused-ring (bicyclic) bond motifs is 1. The van der Waals surface area contributed by atoms with Crippen molar-refractivity contribution in [3.63, 3.8) is 0 Å². The maximum absolute atomic E-state index is 4.93. The highest BCUT2D eigenvalue weighted by atomic mass is 15.1. The molecule has 0 spiro atoms. The Morgan fingerprint density at radius 2 is 0.760 bits per heavy atom. The molecule has 6 aromatic carbocycles. The fourth-order valence-electron chi connectivity index (χ4n) is 6.90. The van der Waals surface area contributed by atoms with E-state index in [1.807, 2.05) is 36.9 Å². The predicted molar refractivity (Wildman–Crippen MR) is 204 cm³/mol. The van der Waals surface area contributed by atoms with Gasteiger partial charge in [0.15, 0.2) is 0 Å². The first-order chi connectivity index (χ1) is 24.8. The number of rotatable bonds is 7. The minimum absolute atomic E-state index is 0.966. The van der Waals surface area contributed by atoms with Gasteiger partial charge in [-0.2, -0.15) is 10.2 Å². The minimum Gasteiger partial charge on any atom is -0.285 e. The van der Waals surface area contributed by atoms with Gasteiger partial charge < -0.3 is 0 Å². The van der Waals surface area contributed by atoms with Crippen LogP contribution in [0.15, 0.2) is 176 Å². The van der Waals surface area contributed by atoms with Crippen molar-refractivity contribution in [2.45, 2.75) is 0 Å². The fourth-order valence-corrected chi connectivity index (χ4v) is 6.90. The van der Waals surface area contributed by atoms with E-state index in [0.717, 1.165) is 83.4 Å². The molecule has 9 aromatic rings. The maximum atomic E-state index is 4.93. The van der Waals surface area contributed by atoms with Gasteiger partial charge in [-0.25, -0.2) is 4.98 Å². The normalized spacial score (nSPS) is 11.2. The molecular formula is C45H31N5. The van der Waals surface area contributed by atoms with Crippen molar-refractivity contribution in [3.8, 4) is 78.0 Å². The van der Waals surface area contributed by atoms with E-state index in [4.69, 9.17) is 4.98 Å². The zero-order valence-corrected chi connectivity index (χ0v) is 27.1. The Kier molecular flexibility index (Phi) is 7.41. The molecule has 2 N–H and O–H groups in total. The van der Waals surface area contributed by atoms with Crippen LogP contribution >= 0.6 is 0 Å². The largest absolute Gasteiger partial charge is 0.285 e. The van der Waals surface area contributed by atoms with E-state index in [2.05, 4.69) is 160 Å². The van der Waals surface area contributed by atoms with Crippen LogP contribution in [0.1, 0.15) is 0 Å². The highest BCUT2D eigenvalue weighted by Crippen LogP contribution is 2.42. The molecule has 0 amide bonds. The summed E-state index contributed by atoms with van der Waals surface area (Å²) in [5, 5.41) is 15.6. The first kappa shape index (κ1) is 29.3. The van der Waals surface area contributed by atoms with Gasteiger partial charge in [0, 0.05) is 34.5 Å². The van der Waals surface area contributed by atoms with E-state index in [0.29, 0.717) is 0 Å². The number of nitrogens with one attached hydrogen (secondary N) is 2. The van der Waals surface area contributed by atoms with Crippen LogP contribution in [0.4, 0.5) is 0 Å². The topological polar surface area (TPSA) is 70.2 Å². The van der Waals surface area contributed by atoms with Gasteiger partial charge in [-0.05, 0) is 86.0 Å². The number of pyridine rings is 1. The van der Waals surface area contributed by atoms with Crippen molar-refractivity contribution in [2.24, 2.45) is 0 Å². The molecule has 5 heteroatoms. The number of nitrogens with zero attached hydrogens (tertiary/aromatic N) is 3. The van der Waals surface area contributed by atoms with E-state index >= 15 is 0 Å². The zero-order valence-electron chi connectivity index (χ0n) is 27.1. The van der Waals surface area contributed by atoms with Crippen LogP contribution in [0.25, 0.3) is 88.9 Å². The molecule has 0 unspecified atom stereocenters. The van der Waals surface area contributed by atoms with Gasteiger partial charge in [0.25, 0.3) is 0 Å². The number of benzene rings is 6. The highest BCUT2D eigenvalue weighted by Gasteiger charge is 2.16. The van der Waals surface area contributed by atoms with E-state index in [1.54, 1.807) is 0 Å². The highest BCUT2D eigenvalue weighted by molar-refractivity contribution is 5.94. The Balaban J connectivity index is 1.20. The number of H-pyrrole nitrogens is 2. The van der Waals surface area contributed by atoms with Crippen molar-refractivity contribution in [2.75, 3.05) is 0 Å². The molecule has 0 aliphatic rings. The number of aromatic amines is 2. The molecule has 0 radical (unpaired) electrons. The smallest absolute Gasteiger partial charge is 0.0709 e. The van der Waals surface area contributed by atoms with E-state index in [1.165, 1.54) is 5.56 Å². The summed E-state index contributed by atoms with van der Waals surface area (Å²) in [4.78, 5) is 4.93. The van der Waals surface area contributed by atoms with Gasteiger partial charge in [0.1, 0.15) is 0 Å². The van der Waals surface area contributed by atoms with Crippen LogP contribution in [-0.4, -0.2) is 25.4 Å². The van der Waals surface area contributed by atoms with Crippen LogP contribution < -0.4 is 0 Å². The second-order valence-electron chi connectivity index (χ2n) is 12.4. The van der Waals surface area contributed by atoms with Crippen LogP contribution in [0.2, 0.25) is 0 Å². The van der Waals surface area contributed by atoms with Gasteiger partial charge >= 0.3 is 0 Å². The second kappa shape index (κ2) is 12.6. The summed E-state index contributed by atoms with van der Waals surface area (Å²) in [5.41, 5.74) is 16.6. The van der Waals surface area contributed by atoms with Crippen molar-refractivity contribution in [1.29, 1.82) is 0 Å². The number of hydrogen-bond acceptors (Lipinski definition) is 3. The molecule has 0 aliphatic heterocycles. The Morgan fingerprint density at radius 1 is 0.340 bits per heavy atom. The lowest BCUT2D eigenvalue weighted by molar-refractivity contribution is 1.09. The van der Waals surface area contributed by atoms with Crippen LogP contribution in [0.3, 0.4) is 0 Å². The number of para-hydroxylation sites is 1. The van der Waals surface area contributed by atoms with E-state index < -0.39 is 0 Å². The third-order valence-corrected chi connectivity index (χ3v) is 9.36. The van der Waals surface area contributed by atoms with Crippen molar-refractivity contribution in [3.05, 3.63) is 176 Å². The Bertz CT molecular complexity index is 2490. The lowest BCUT2D eigenvalue weighted by Crippen LogP contribution is -1.92. The van der Waals surface area contributed by atoms with Gasteiger partial charge in [-0.15, -0.1) is 0 Å². The molecule has 0 atom stereocenters. The standard InChI is InChI=1S/C45H31N5/c1-8-16-44-31(9-1)21-22-45(50-44)32-19-17-30(18-20-32)38-10-2-3-11-39(38)33-23-34(40-12-4-6-14-42(40)36-26-46-47-27-36)25-35(24-33)41-13-5-7-15-43(41)37-28-48-49-29-37/h1-29H,(H,46,47)(H,48,49). The minimum atomic E-state index is 0.966. The Hall–Kier alpha value is -6.85. The first-order valence-electron chi connectivity index (χ1n) is 16.7.